The number of ether oxygens (including phenoxy) is 1. The van der Waals surface area contributed by atoms with Crippen LogP contribution in [0, 0.1) is 0 Å². The van der Waals surface area contributed by atoms with Gasteiger partial charge in [-0.1, -0.05) is 84.9 Å². The van der Waals surface area contributed by atoms with Crippen molar-refractivity contribution in [1.29, 1.82) is 0 Å². The number of nitrogens with one attached hydrogen (secondary N) is 1. The molecule has 0 radical (unpaired) electrons. The topological polar surface area (TPSA) is 122 Å². The number of carboxylic acid groups (broad SMARTS) is 1. The maximum Gasteiger partial charge on any atom is 0.326 e. The molecular formula is C37H34N4O5. The number of carbonyl (C=O) groups excluding carboxylic acids is 2. The van der Waals surface area contributed by atoms with Gasteiger partial charge in [0.15, 0.2) is 5.78 Å². The SMILES string of the molecule is O=C(c1ccccc1)c1ccccc1N[C@@H](Cc1ccc(OCCCN(Cc2ccccc2)C(=O)c2cnccn2)cc1)C(=O)O. The predicted molar refractivity (Wildman–Crippen MR) is 175 cm³/mol. The van der Waals surface area contributed by atoms with Crippen LogP contribution in [0.2, 0.25) is 0 Å². The van der Waals surface area contributed by atoms with Crippen molar-refractivity contribution in [3.8, 4) is 5.75 Å². The van der Waals surface area contributed by atoms with Gasteiger partial charge in [0.05, 0.1) is 12.8 Å². The van der Waals surface area contributed by atoms with Crippen LogP contribution in [0.5, 0.6) is 5.75 Å². The van der Waals surface area contributed by atoms with Gasteiger partial charge in [-0.15, -0.1) is 0 Å². The molecule has 4 aromatic carbocycles. The van der Waals surface area contributed by atoms with Gasteiger partial charge in [-0.05, 0) is 41.8 Å². The van der Waals surface area contributed by atoms with Gasteiger partial charge < -0.3 is 20.1 Å². The first-order valence-corrected chi connectivity index (χ1v) is 15.0. The van der Waals surface area contributed by atoms with Crippen LogP contribution in [0.4, 0.5) is 5.69 Å². The van der Waals surface area contributed by atoms with Gasteiger partial charge in [0, 0.05) is 48.7 Å². The molecule has 0 aliphatic carbocycles. The van der Waals surface area contributed by atoms with E-state index in [1.54, 1.807) is 65.6 Å². The van der Waals surface area contributed by atoms with Crippen LogP contribution in [0.3, 0.4) is 0 Å². The van der Waals surface area contributed by atoms with Crippen molar-refractivity contribution in [3.63, 3.8) is 0 Å². The van der Waals surface area contributed by atoms with Crippen molar-refractivity contribution in [2.75, 3.05) is 18.5 Å². The van der Waals surface area contributed by atoms with Crippen LogP contribution in [0.25, 0.3) is 0 Å². The van der Waals surface area contributed by atoms with E-state index in [9.17, 15) is 19.5 Å². The Morgan fingerprint density at radius 2 is 1.50 bits per heavy atom. The molecule has 0 saturated heterocycles. The normalized spacial score (nSPS) is 11.3. The lowest BCUT2D eigenvalue weighted by Crippen LogP contribution is -2.33. The van der Waals surface area contributed by atoms with Crippen LogP contribution < -0.4 is 10.1 Å². The molecule has 1 heterocycles. The van der Waals surface area contributed by atoms with Crippen molar-refractivity contribution in [2.45, 2.75) is 25.4 Å². The van der Waals surface area contributed by atoms with Gasteiger partial charge >= 0.3 is 5.97 Å². The maximum absolute atomic E-state index is 13.1. The van der Waals surface area contributed by atoms with Crippen LogP contribution in [-0.2, 0) is 17.8 Å². The molecule has 5 aromatic rings. The van der Waals surface area contributed by atoms with E-state index in [-0.39, 0.29) is 23.8 Å². The number of ketones is 1. The molecule has 46 heavy (non-hydrogen) atoms. The fraction of sp³-hybridized carbons (Fsp3) is 0.162. The summed E-state index contributed by atoms with van der Waals surface area (Å²) < 4.78 is 5.94. The van der Waals surface area contributed by atoms with E-state index in [4.69, 9.17) is 4.74 Å². The van der Waals surface area contributed by atoms with Crippen molar-refractivity contribution in [3.05, 3.63) is 156 Å². The molecule has 0 bridgehead atoms. The summed E-state index contributed by atoms with van der Waals surface area (Å²) in [5.74, 6) is -0.777. The fourth-order valence-corrected chi connectivity index (χ4v) is 4.97. The second-order valence-corrected chi connectivity index (χ2v) is 10.6. The minimum Gasteiger partial charge on any atom is -0.494 e. The number of aromatic nitrogens is 2. The quantitative estimate of drug-likeness (QED) is 0.110. The number of hydrogen-bond donors (Lipinski definition) is 2. The number of amides is 1. The molecule has 5 rings (SSSR count). The smallest absolute Gasteiger partial charge is 0.326 e. The first kappa shape index (κ1) is 31.6. The number of benzene rings is 4. The third-order valence-corrected chi connectivity index (χ3v) is 7.33. The highest BCUT2D eigenvalue weighted by atomic mass is 16.5. The van der Waals surface area contributed by atoms with Gasteiger partial charge in [-0.2, -0.15) is 0 Å². The molecule has 1 atom stereocenters. The molecular weight excluding hydrogens is 580 g/mol. The second-order valence-electron chi connectivity index (χ2n) is 10.6. The zero-order valence-corrected chi connectivity index (χ0v) is 25.2. The Bertz CT molecular complexity index is 1730. The van der Waals surface area contributed by atoms with E-state index in [0.717, 1.165) is 11.1 Å². The number of nitrogens with zero attached hydrogens (tertiary/aromatic N) is 3. The van der Waals surface area contributed by atoms with E-state index < -0.39 is 12.0 Å². The summed E-state index contributed by atoms with van der Waals surface area (Å²) in [4.78, 5) is 48.4. The van der Waals surface area contributed by atoms with Crippen LogP contribution >= 0.6 is 0 Å². The molecule has 0 fully saturated rings. The second kappa shape index (κ2) is 15.8. The van der Waals surface area contributed by atoms with Crippen LogP contribution in [0.1, 0.15) is 44.0 Å². The summed E-state index contributed by atoms with van der Waals surface area (Å²) in [6, 6.07) is 31.9. The molecule has 232 valence electrons. The first-order valence-electron chi connectivity index (χ1n) is 15.0. The fourth-order valence-electron chi connectivity index (χ4n) is 4.97. The molecule has 9 nitrogen and oxygen atoms in total. The lowest BCUT2D eigenvalue weighted by atomic mass is 10.00. The zero-order chi connectivity index (χ0) is 32.1. The third-order valence-electron chi connectivity index (χ3n) is 7.33. The van der Waals surface area contributed by atoms with Crippen molar-refractivity contribution < 1.29 is 24.2 Å². The average Bonchev–Trinajstić information content (AvgIpc) is 3.10. The highest BCUT2D eigenvalue weighted by molar-refractivity contribution is 6.12. The van der Waals surface area contributed by atoms with Crippen molar-refractivity contribution in [1.82, 2.24) is 14.9 Å². The van der Waals surface area contributed by atoms with Crippen molar-refractivity contribution in [2.24, 2.45) is 0 Å². The predicted octanol–water partition coefficient (Wildman–Crippen LogP) is 5.93. The molecule has 0 aliphatic rings. The summed E-state index contributed by atoms with van der Waals surface area (Å²) in [6.45, 7) is 1.28. The molecule has 1 aromatic heterocycles. The highest BCUT2D eigenvalue weighted by Crippen LogP contribution is 2.22. The molecule has 1 amide bonds. The van der Waals surface area contributed by atoms with E-state index in [1.807, 2.05) is 48.5 Å². The number of aliphatic carboxylic acids is 1. The average molecular weight is 615 g/mol. The summed E-state index contributed by atoms with van der Waals surface area (Å²) >= 11 is 0. The Morgan fingerprint density at radius 1 is 0.804 bits per heavy atom. The number of para-hydroxylation sites is 1. The van der Waals surface area contributed by atoms with Gasteiger partial charge in [0.25, 0.3) is 5.91 Å². The number of carboxylic acids is 1. The lowest BCUT2D eigenvalue weighted by Gasteiger charge is -2.22. The molecule has 0 saturated carbocycles. The minimum atomic E-state index is -1.03. The Morgan fingerprint density at radius 3 is 2.20 bits per heavy atom. The van der Waals surface area contributed by atoms with Crippen LogP contribution in [-0.4, -0.2) is 56.8 Å². The van der Waals surface area contributed by atoms with E-state index in [0.29, 0.717) is 48.7 Å². The summed E-state index contributed by atoms with van der Waals surface area (Å²) in [5, 5.41) is 13.0. The number of rotatable bonds is 15. The Kier molecular flexibility index (Phi) is 10.8. The summed E-state index contributed by atoms with van der Waals surface area (Å²) in [6.07, 6.45) is 5.28. The molecule has 2 N–H and O–H groups in total. The summed E-state index contributed by atoms with van der Waals surface area (Å²) in [7, 11) is 0. The first-order chi connectivity index (χ1) is 22.5. The highest BCUT2D eigenvalue weighted by Gasteiger charge is 2.22. The monoisotopic (exact) mass is 614 g/mol. The maximum atomic E-state index is 13.1. The number of anilines is 1. The Labute approximate surface area is 267 Å². The Balaban J connectivity index is 1.17. The van der Waals surface area contributed by atoms with Gasteiger partial charge in [0.1, 0.15) is 17.5 Å². The van der Waals surface area contributed by atoms with Gasteiger partial charge in [-0.25, -0.2) is 9.78 Å². The largest absolute Gasteiger partial charge is 0.494 e. The zero-order valence-electron chi connectivity index (χ0n) is 25.2. The van der Waals surface area contributed by atoms with E-state index >= 15 is 0 Å². The molecule has 0 aliphatic heterocycles. The molecule has 0 spiro atoms. The summed E-state index contributed by atoms with van der Waals surface area (Å²) in [5.41, 5.74) is 3.49. The lowest BCUT2D eigenvalue weighted by molar-refractivity contribution is -0.137. The number of carbonyl (C=O) groups is 3. The van der Waals surface area contributed by atoms with Gasteiger partial charge in [0.2, 0.25) is 0 Å². The van der Waals surface area contributed by atoms with E-state index in [2.05, 4.69) is 15.3 Å². The van der Waals surface area contributed by atoms with Crippen molar-refractivity contribution >= 4 is 23.3 Å². The molecule has 0 unspecified atom stereocenters. The third kappa shape index (κ3) is 8.63. The number of hydrogen-bond acceptors (Lipinski definition) is 7. The van der Waals surface area contributed by atoms with Gasteiger partial charge in [-0.3, -0.25) is 14.6 Å². The van der Waals surface area contributed by atoms with Crippen LogP contribution in [0.15, 0.2) is 128 Å². The minimum absolute atomic E-state index is 0.185. The van der Waals surface area contributed by atoms with E-state index in [1.165, 1.54) is 18.6 Å². The molecule has 9 heteroatoms. The standard InChI is InChI=1S/C37H34N4O5/c42-35(29-12-5-2-6-13-29)31-14-7-8-15-32(31)40-33(37(44)45)24-27-16-18-30(19-17-27)46-23-9-22-41(26-28-10-3-1-4-11-28)36(43)34-25-38-20-21-39-34/h1-8,10-21,25,33,40H,9,22-24,26H2,(H,44,45)/t33-/m0/s1. The Hall–Kier alpha value is -5.83.